The van der Waals surface area contributed by atoms with Gasteiger partial charge in [0.05, 0.1) is 23.3 Å². The predicted octanol–water partition coefficient (Wildman–Crippen LogP) is 3.65. The first kappa shape index (κ1) is 18.0. The zero-order valence-corrected chi connectivity index (χ0v) is 15.9. The number of carbonyl (C=O) groups excluding carboxylic acids is 1. The van der Waals surface area contributed by atoms with E-state index in [9.17, 15) is 4.79 Å². The molecule has 1 unspecified atom stereocenters. The van der Waals surface area contributed by atoms with Crippen LogP contribution in [-0.2, 0) is 0 Å². The molecule has 1 amide bonds. The minimum absolute atomic E-state index is 0.0180. The fourth-order valence-electron chi connectivity index (χ4n) is 3.25. The van der Waals surface area contributed by atoms with Crippen molar-refractivity contribution in [3.05, 3.63) is 84.6 Å². The van der Waals surface area contributed by atoms with Crippen LogP contribution >= 0.6 is 0 Å². The Bertz CT molecular complexity index is 1070. The number of hydrogen-bond donors (Lipinski definition) is 1. The molecule has 28 heavy (non-hydrogen) atoms. The second-order valence-electron chi connectivity index (χ2n) is 6.86. The first-order valence-electron chi connectivity index (χ1n) is 9.14. The molecule has 0 saturated heterocycles. The van der Waals surface area contributed by atoms with Crippen molar-refractivity contribution in [3.8, 4) is 5.69 Å². The lowest BCUT2D eigenvalue weighted by atomic mass is 10.1. The Labute approximate surface area is 163 Å². The highest BCUT2D eigenvalue weighted by molar-refractivity contribution is 5.94. The van der Waals surface area contributed by atoms with E-state index in [1.807, 2.05) is 84.2 Å². The van der Waals surface area contributed by atoms with Crippen LogP contribution in [0.15, 0.2) is 77.7 Å². The second kappa shape index (κ2) is 7.70. The Morgan fingerprint density at radius 1 is 1.11 bits per heavy atom. The van der Waals surface area contributed by atoms with Gasteiger partial charge in [-0.1, -0.05) is 12.1 Å². The van der Waals surface area contributed by atoms with Crippen LogP contribution in [0.3, 0.4) is 0 Å². The highest BCUT2D eigenvalue weighted by atomic mass is 16.3. The predicted molar refractivity (Wildman–Crippen MR) is 109 cm³/mol. The summed E-state index contributed by atoms with van der Waals surface area (Å²) in [4.78, 5) is 19.0. The minimum Gasteiger partial charge on any atom is -0.468 e. The van der Waals surface area contributed by atoms with E-state index in [0.29, 0.717) is 12.1 Å². The first-order chi connectivity index (χ1) is 13.6. The number of nitrogens with one attached hydrogen (secondary N) is 1. The topological polar surface area (TPSA) is 63.3 Å². The summed E-state index contributed by atoms with van der Waals surface area (Å²) in [5, 5.41) is 2.99. The maximum absolute atomic E-state index is 12.6. The molecule has 2 aromatic heterocycles. The molecule has 0 bridgehead atoms. The molecule has 0 aliphatic heterocycles. The molecular formula is C22H22N4O2. The number of fused-ring (bicyclic) bond motifs is 1. The molecule has 0 radical (unpaired) electrons. The average Bonchev–Trinajstić information content (AvgIpc) is 3.38. The van der Waals surface area contributed by atoms with Gasteiger partial charge in [-0.25, -0.2) is 4.98 Å². The Hall–Kier alpha value is -3.38. The van der Waals surface area contributed by atoms with Crippen molar-refractivity contribution in [1.29, 1.82) is 0 Å². The lowest BCUT2D eigenvalue weighted by molar-refractivity contribution is 0.0939. The van der Waals surface area contributed by atoms with Crippen LogP contribution in [0.4, 0.5) is 0 Å². The molecule has 0 saturated carbocycles. The Morgan fingerprint density at radius 2 is 1.89 bits per heavy atom. The maximum Gasteiger partial charge on any atom is 0.251 e. The number of furan rings is 1. The van der Waals surface area contributed by atoms with E-state index in [0.717, 1.165) is 22.5 Å². The number of benzene rings is 2. The molecule has 4 rings (SSSR count). The number of imidazole rings is 1. The average molecular weight is 374 g/mol. The molecule has 2 heterocycles. The largest absolute Gasteiger partial charge is 0.468 e. The van der Waals surface area contributed by atoms with Crippen molar-refractivity contribution < 1.29 is 9.21 Å². The van der Waals surface area contributed by atoms with Crippen LogP contribution < -0.4 is 5.32 Å². The van der Waals surface area contributed by atoms with Gasteiger partial charge >= 0.3 is 0 Å². The highest BCUT2D eigenvalue weighted by Gasteiger charge is 2.18. The summed E-state index contributed by atoms with van der Waals surface area (Å²) in [5.74, 6) is 0.716. The van der Waals surface area contributed by atoms with E-state index in [1.165, 1.54) is 0 Å². The summed E-state index contributed by atoms with van der Waals surface area (Å²) < 4.78 is 7.50. The molecular weight excluding hydrogens is 352 g/mol. The van der Waals surface area contributed by atoms with Crippen molar-refractivity contribution >= 4 is 16.9 Å². The Kier molecular flexibility index (Phi) is 4.95. The normalized spacial score (nSPS) is 12.4. The molecule has 142 valence electrons. The van der Waals surface area contributed by atoms with Crippen LogP contribution in [0, 0.1) is 0 Å². The molecule has 1 atom stereocenters. The number of amides is 1. The fourth-order valence-corrected chi connectivity index (χ4v) is 3.25. The molecule has 0 fully saturated rings. The van der Waals surface area contributed by atoms with Crippen molar-refractivity contribution in [3.63, 3.8) is 0 Å². The van der Waals surface area contributed by atoms with E-state index in [1.54, 1.807) is 12.6 Å². The van der Waals surface area contributed by atoms with Gasteiger partial charge in [0, 0.05) is 17.8 Å². The van der Waals surface area contributed by atoms with E-state index in [4.69, 9.17) is 4.42 Å². The highest BCUT2D eigenvalue weighted by Crippen LogP contribution is 2.19. The summed E-state index contributed by atoms with van der Waals surface area (Å²) in [5.41, 5.74) is 3.56. The summed E-state index contributed by atoms with van der Waals surface area (Å²) in [6, 6.07) is 19.2. The molecule has 6 nitrogen and oxygen atoms in total. The van der Waals surface area contributed by atoms with Gasteiger partial charge in [-0.3, -0.25) is 14.3 Å². The minimum atomic E-state index is -0.111. The van der Waals surface area contributed by atoms with Gasteiger partial charge in [0.2, 0.25) is 0 Å². The van der Waals surface area contributed by atoms with Crippen molar-refractivity contribution in [2.24, 2.45) is 0 Å². The smallest absolute Gasteiger partial charge is 0.251 e. The lowest BCUT2D eigenvalue weighted by Gasteiger charge is -2.22. The van der Waals surface area contributed by atoms with Crippen LogP contribution in [0.1, 0.15) is 22.2 Å². The lowest BCUT2D eigenvalue weighted by Crippen LogP contribution is -2.34. The van der Waals surface area contributed by atoms with Crippen LogP contribution in [0.5, 0.6) is 0 Å². The van der Waals surface area contributed by atoms with Crippen molar-refractivity contribution in [2.75, 3.05) is 20.6 Å². The van der Waals surface area contributed by atoms with Gasteiger partial charge in [-0.15, -0.1) is 0 Å². The summed E-state index contributed by atoms with van der Waals surface area (Å²) in [6.45, 7) is 0.466. The van der Waals surface area contributed by atoms with Gasteiger partial charge in [0.25, 0.3) is 5.91 Å². The Balaban J connectivity index is 1.47. The third-order valence-corrected chi connectivity index (χ3v) is 4.81. The van der Waals surface area contributed by atoms with Crippen molar-refractivity contribution in [1.82, 2.24) is 19.8 Å². The van der Waals surface area contributed by atoms with Gasteiger partial charge in [0.1, 0.15) is 12.1 Å². The van der Waals surface area contributed by atoms with Gasteiger partial charge in [0.15, 0.2) is 0 Å². The van der Waals surface area contributed by atoms with Gasteiger partial charge in [-0.2, -0.15) is 0 Å². The van der Waals surface area contributed by atoms with Gasteiger partial charge in [-0.05, 0) is 62.6 Å². The molecule has 1 N–H and O–H groups in total. The maximum atomic E-state index is 12.6. The molecule has 4 aromatic rings. The van der Waals surface area contributed by atoms with E-state index < -0.39 is 0 Å². The third kappa shape index (κ3) is 3.54. The zero-order chi connectivity index (χ0) is 19.5. The summed E-state index contributed by atoms with van der Waals surface area (Å²) >= 11 is 0. The number of carbonyl (C=O) groups is 1. The van der Waals surface area contributed by atoms with Crippen LogP contribution in [-0.4, -0.2) is 41.0 Å². The fraction of sp³-hybridized carbons (Fsp3) is 0.182. The van der Waals surface area contributed by atoms with Crippen LogP contribution in [0.25, 0.3) is 16.7 Å². The molecule has 2 aromatic carbocycles. The van der Waals surface area contributed by atoms with Crippen LogP contribution in [0.2, 0.25) is 0 Å². The number of para-hydroxylation sites is 2. The number of likely N-dealkylation sites (N-methyl/N-ethyl adjacent to an activating group) is 1. The Morgan fingerprint density at radius 3 is 2.61 bits per heavy atom. The van der Waals surface area contributed by atoms with E-state index >= 15 is 0 Å². The number of rotatable bonds is 6. The standard InChI is InChI=1S/C22H22N4O2/c1-25(2)20(21-8-5-13-28-21)14-23-22(27)16-9-11-17(12-10-16)26-15-24-18-6-3-4-7-19(18)26/h3-13,15,20H,14H2,1-2H3,(H,23,27). The first-order valence-corrected chi connectivity index (χ1v) is 9.14. The molecule has 0 aliphatic rings. The monoisotopic (exact) mass is 374 g/mol. The second-order valence-corrected chi connectivity index (χ2v) is 6.86. The zero-order valence-electron chi connectivity index (χ0n) is 15.9. The van der Waals surface area contributed by atoms with Gasteiger partial charge < -0.3 is 9.73 Å². The summed E-state index contributed by atoms with van der Waals surface area (Å²) in [6.07, 6.45) is 3.44. The van der Waals surface area contributed by atoms with Crippen molar-refractivity contribution in [2.45, 2.75) is 6.04 Å². The number of aromatic nitrogens is 2. The van der Waals surface area contributed by atoms with E-state index in [2.05, 4.69) is 10.3 Å². The summed E-state index contributed by atoms with van der Waals surface area (Å²) in [7, 11) is 3.92. The molecule has 0 aliphatic carbocycles. The number of nitrogens with zero attached hydrogens (tertiary/aromatic N) is 3. The van der Waals surface area contributed by atoms with E-state index in [-0.39, 0.29) is 11.9 Å². The third-order valence-electron chi connectivity index (χ3n) is 4.81. The number of hydrogen-bond acceptors (Lipinski definition) is 4. The molecule has 6 heteroatoms. The quantitative estimate of drug-likeness (QED) is 0.560. The molecule has 0 spiro atoms. The SMILES string of the molecule is CN(C)C(CNC(=O)c1ccc(-n2cnc3ccccc32)cc1)c1ccco1.